The largest absolute Gasteiger partial charge is 0.446 e. The van der Waals surface area contributed by atoms with Crippen molar-refractivity contribution in [3.05, 3.63) is 6.42 Å². The van der Waals surface area contributed by atoms with Crippen LogP contribution in [0.1, 0.15) is 38.5 Å². The zero-order chi connectivity index (χ0) is 9.80. The maximum atomic E-state index is 11.6. The smallest absolute Gasteiger partial charge is 0.410 e. The molecule has 2 aliphatic rings. The predicted octanol–water partition coefficient (Wildman–Crippen LogP) is 2.37. The Morgan fingerprint density at radius 1 is 1.29 bits per heavy atom. The second-order valence-corrected chi connectivity index (χ2v) is 4.17. The van der Waals surface area contributed by atoms with Crippen LogP contribution in [0.2, 0.25) is 0 Å². The molecular formula is C11H18NO2. The lowest BCUT2D eigenvalue weighted by atomic mass is 9.98. The Morgan fingerprint density at radius 3 is 2.71 bits per heavy atom. The lowest BCUT2D eigenvalue weighted by Crippen LogP contribution is -2.32. The van der Waals surface area contributed by atoms with E-state index in [4.69, 9.17) is 4.74 Å². The van der Waals surface area contributed by atoms with Gasteiger partial charge < -0.3 is 9.64 Å². The van der Waals surface area contributed by atoms with Gasteiger partial charge in [0, 0.05) is 13.1 Å². The standard InChI is InChI=1S/C11H18NO2/c13-11(12-8-4-5-9-12)14-10-6-2-1-3-7-10/h4,10H,1-3,5-9H2. The zero-order valence-electron chi connectivity index (χ0n) is 8.58. The molecule has 2 fully saturated rings. The average molecular weight is 196 g/mol. The highest BCUT2D eigenvalue weighted by molar-refractivity contribution is 5.68. The van der Waals surface area contributed by atoms with Gasteiger partial charge in [-0.2, -0.15) is 0 Å². The molecule has 0 atom stereocenters. The maximum Gasteiger partial charge on any atom is 0.410 e. The summed E-state index contributed by atoms with van der Waals surface area (Å²) >= 11 is 0. The summed E-state index contributed by atoms with van der Waals surface area (Å²) < 4.78 is 5.44. The van der Waals surface area contributed by atoms with Crippen molar-refractivity contribution in [1.29, 1.82) is 0 Å². The molecule has 14 heavy (non-hydrogen) atoms. The van der Waals surface area contributed by atoms with Crippen molar-refractivity contribution in [3.8, 4) is 0 Å². The molecule has 0 spiro atoms. The van der Waals surface area contributed by atoms with E-state index in [1.54, 1.807) is 4.90 Å². The van der Waals surface area contributed by atoms with Crippen molar-refractivity contribution in [2.45, 2.75) is 44.6 Å². The SMILES string of the molecule is O=C(OC1CCCCC1)N1C[CH]CC1. The van der Waals surface area contributed by atoms with Gasteiger partial charge in [0.25, 0.3) is 0 Å². The molecule has 0 aromatic heterocycles. The number of rotatable bonds is 1. The van der Waals surface area contributed by atoms with Crippen molar-refractivity contribution in [1.82, 2.24) is 4.90 Å². The summed E-state index contributed by atoms with van der Waals surface area (Å²) in [5.41, 5.74) is 0. The van der Waals surface area contributed by atoms with Gasteiger partial charge in [0.15, 0.2) is 0 Å². The molecular weight excluding hydrogens is 178 g/mol. The van der Waals surface area contributed by atoms with Crippen LogP contribution < -0.4 is 0 Å². The van der Waals surface area contributed by atoms with Crippen LogP contribution >= 0.6 is 0 Å². The number of likely N-dealkylation sites (tertiary alicyclic amines) is 1. The van der Waals surface area contributed by atoms with Gasteiger partial charge in [0.1, 0.15) is 6.10 Å². The molecule has 0 aromatic rings. The van der Waals surface area contributed by atoms with E-state index in [2.05, 4.69) is 6.42 Å². The molecule has 1 heterocycles. The van der Waals surface area contributed by atoms with E-state index in [1.165, 1.54) is 19.3 Å². The van der Waals surface area contributed by atoms with E-state index < -0.39 is 0 Å². The summed E-state index contributed by atoms with van der Waals surface area (Å²) in [5.74, 6) is 0. The summed E-state index contributed by atoms with van der Waals surface area (Å²) in [5, 5.41) is 0. The topological polar surface area (TPSA) is 29.5 Å². The monoisotopic (exact) mass is 196 g/mol. The minimum Gasteiger partial charge on any atom is -0.446 e. The molecule has 1 saturated heterocycles. The highest BCUT2D eigenvalue weighted by Crippen LogP contribution is 2.21. The molecule has 3 heteroatoms. The van der Waals surface area contributed by atoms with Crippen LogP contribution in [0, 0.1) is 6.42 Å². The van der Waals surface area contributed by atoms with Gasteiger partial charge in [-0.3, -0.25) is 0 Å². The van der Waals surface area contributed by atoms with E-state index >= 15 is 0 Å². The summed E-state index contributed by atoms with van der Waals surface area (Å²) in [6, 6.07) is 0. The van der Waals surface area contributed by atoms with Crippen LogP contribution in [-0.4, -0.2) is 30.2 Å². The number of carbonyl (C=O) groups is 1. The first kappa shape index (κ1) is 9.81. The zero-order valence-corrected chi connectivity index (χ0v) is 8.58. The Kier molecular flexibility index (Phi) is 3.27. The molecule has 1 radical (unpaired) electrons. The number of hydrogen-bond donors (Lipinski definition) is 0. The third kappa shape index (κ3) is 2.40. The molecule has 1 amide bonds. The van der Waals surface area contributed by atoms with Gasteiger partial charge in [-0.25, -0.2) is 4.79 Å². The molecule has 1 aliphatic carbocycles. The van der Waals surface area contributed by atoms with Gasteiger partial charge in [0.2, 0.25) is 0 Å². The second kappa shape index (κ2) is 4.67. The van der Waals surface area contributed by atoms with Crippen molar-refractivity contribution in [2.75, 3.05) is 13.1 Å². The molecule has 0 bridgehead atoms. The molecule has 2 rings (SSSR count). The Bertz CT molecular complexity index is 193. The third-order valence-corrected chi connectivity index (χ3v) is 3.03. The van der Waals surface area contributed by atoms with Crippen molar-refractivity contribution < 1.29 is 9.53 Å². The number of hydrogen-bond acceptors (Lipinski definition) is 2. The Labute approximate surface area is 85.4 Å². The second-order valence-electron chi connectivity index (χ2n) is 4.17. The van der Waals surface area contributed by atoms with Gasteiger partial charge in [-0.15, -0.1) is 0 Å². The Hall–Kier alpha value is -0.730. The number of amides is 1. The molecule has 1 aliphatic heterocycles. The van der Waals surface area contributed by atoms with Crippen molar-refractivity contribution >= 4 is 6.09 Å². The summed E-state index contributed by atoms with van der Waals surface area (Å²) in [7, 11) is 0. The Morgan fingerprint density at radius 2 is 2.07 bits per heavy atom. The first-order valence-corrected chi connectivity index (χ1v) is 5.63. The number of ether oxygens (including phenoxy) is 1. The van der Waals surface area contributed by atoms with Crippen LogP contribution in [0.25, 0.3) is 0 Å². The highest BCUT2D eigenvalue weighted by atomic mass is 16.6. The van der Waals surface area contributed by atoms with E-state index in [-0.39, 0.29) is 12.2 Å². The van der Waals surface area contributed by atoms with E-state index in [1.807, 2.05) is 0 Å². The fourth-order valence-corrected chi connectivity index (χ4v) is 2.15. The lowest BCUT2D eigenvalue weighted by molar-refractivity contribution is 0.0513. The maximum absolute atomic E-state index is 11.6. The first-order chi connectivity index (χ1) is 6.86. The van der Waals surface area contributed by atoms with Gasteiger partial charge >= 0.3 is 6.09 Å². The van der Waals surface area contributed by atoms with Gasteiger partial charge in [-0.05, 0) is 38.5 Å². The van der Waals surface area contributed by atoms with Crippen LogP contribution in [0.5, 0.6) is 0 Å². The summed E-state index contributed by atoms with van der Waals surface area (Å²) in [6.07, 6.45) is 9.07. The normalized spacial score (nSPS) is 23.9. The van der Waals surface area contributed by atoms with E-state index in [0.29, 0.717) is 0 Å². The molecule has 1 saturated carbocycles. The van der Waals surface area contributed by atoms with Crippen molar-refractivity contribution in [3.63, 3.8) is 0 Å². The lowest BCUT2D eigenvalue weighted by Gasteiger charge is -2.24. The van der Waals surface area contributed by atoms with E-state index in [0.717, 1.165) is 32.4 Å². The third-order valence-electron chi connectivity index (χ3n) is 3.03. The van der Waals surface area contributed by atoms with E-state index in [9.17, 15) is 4.79 Å². The predicted molar refractivity (Wildman–Crippen MR) is 53.8 cm³/mol. The van der Waals surface area contributed by atoms with Gasteiger partial charge in [-0.1, -0.05) is 6.42 Å². The minimum absolute atomic E-state index is 0.106. The van der Waals surface area contributed by atoms with Gasteiger partial charge in [0.05, 0.1) is 0 Å². The van der Waals surface area contributed by atoms with Crippen LogP contribution in [0.15, 0.2) is 0 Å². The highest BCUT2D eigenvalue weighted by Gasteiger charge is 2.23. The first-order valence-electron chi connectivity index (χ1n) is 5.63. The molecule has 79 valence electrons. The van der Waals surface area contributed by atoms with Crippen LogP contribution in [0.3, 0.4) is 0 Å². The fourth-order valence-electron chi connectivity index (χ4n) is 2.15. The minimum atomic E-state index is -0.106. The summed E-state index contributed by atoms with van der Waals surface area (Å²) in [4.78, 5) is 13.4. The van der Waals surface area contributed by atoms with Crippen LogP contribution in [0.4, 0.5) is 4.79 Å². The van der Waals surface area contributed by atoms with Crippen LogP contribution in [-0.2, 0) is 4.74 Å². The molecule has 3 nitrogen and oxygen atoms in total. The van der Waals surface area contributed by atoms with Crippen molar-refractivity contribution in [2.24, 2.45) is 0 Å². The molecule has 0 unspecified atom stereocenters. The Balaban J connectivity index is 1.75. The quantitative estimate of drug-likeness (QED) is 0.644. The number of carbonyl (C=O) groups excluding carboxylic acids is 1. The number of nitrogens with zero attached hydrogens (tertiary/aromatic N) is 1. The molecule has 0 aromatic carbocycles. The summed E-state index contributed by atoms with van der Waals surface area (Å²) in [6.45, 7) is 1.61. The molecule has 0 N–H and O–H groups in total. The average Bonchev–Trinajstić information content (AvgIpc) is 2.72. The fraction of sp³-hybridized carbons (Fsp3) is 0.818.